The summed E-state index contributed by atoms with van der Waals surface area (Å²) in [5.41, 5.74) is -1.13. The molecule has 8 heteroatoms. The number of fused-ring (bicyclic) bond motifs is 2. The highest BCUT2D eigenvalue weighted by Gasteiger charge is 2.75. The maximum absolute atomic E-state index is 14.4. The number of amides is 3. The van der Waals surface area contributed by atoms with Crippen LogP contribution < -0.4 is 0 Å². The third-order valence-corrected chi connectivity index (χ3v) is 9.12. The lowest BCUT2D eigenvalue weighted by Crippen LogP contribution is -2.56. The second-order valence-electron chi connectivity index (χ2n) is 11.6. The van der Waals surface area contributed by atoms with Crippen molar-refractivity contribution in [3.05, 3.63) is 60.2 Å². The van der Waals surface area contributed by atoms with E-state index >= 15 is 0 Å². The van der Waals surface area contributed by atoms with Crippen LogP contribution in [0.2, 0.25) is 0 Å². The molecule has 40 heavy (non-hydrogen) atoms. The molecule has 216 valence electrons. The van der Waals surface area contributed by atoms with Gasteiger partial charge in [0, 0.05) is 39.3 Å². The van der Waals surface area contributed by atoms with Gasteiger partial charge in [-0.05, 0) is 31.2 Å². The molecule has 1 N–H and O–H groups in total. The van der Waals surface area contributed by atoms with Gasteiger partial charge in [-0.3, -0.25) is 14.4 Å². The third kappa shape index (κ3) is 4.79. The molecule has 1 aromatic carbocycles. The quantitative estimate of drug-likeness (QED) is 0.338. The minimum absolute atomic E-state index is 0.0568. The van der Waals surface area contributed by atoms with Gasteiger partial charge in [0.15, 0.2) is 0 Å². The summed E-state index contributed by atoms with van der Waals surface area (Å²) in [5, 5.41) is 9.18. The van der Waals surface area contributed by atoms with Crippen LogP contribution in [-0.2, 0) is 25.7 Å². The molecule has 0 aliphatic carbocycles. The zero-order valence-corrected chi connectivity index (χ0v) is 23.8. The number of hydrogen-bond donors (Lipinski definition) is 1. The first kappa shape index (κ1) is 28.6. The number of nitrogens with zero attached hydrogens (tertiary/aromatic N) is 3. The number of hydrogen-bond acceptors (Lipinski definition) is 5. The highest BCUT2D eigenvalue weighted by Crippen LogP contribution is 2.58. The van der Waals surface area contributed by atoms with Crippen LogP contribution in [0.4, 0.5) is 0 Å². The number of rotatable bonds is 11. The summed E-state index contributed by atoms with van der Waals surface area (Å²) in [6, 6.07) is 9.04. The SMILES string of the molecule is CCCN1CC=C[C@@]2(CC)O[C@]34C=CCN(Cc5ccccc5)C(=O)C3N(CCCCCCO)C(=O)[C@@H]4[C@H]2C1=O. The van der Waals surface area contributed by atoms with Crippen LogP contribution >= 0.6 is 0 Å². The molecule has 2 saturated heterocycles. The second kappa shape index (κ2) is 11.9. The highest BCUT2D eigenvalue weighted by molar-refractivity contribution is 6.00. The molecule has 2 fully saturated rings. The van der Waals surface area contributed by atoms with E-state index in [0.717, 1.165) is 37.7 Å². The van der Waals surface area contributed by atoms with E-state index in [-0.39, 0.29) is 24.3 Å². The molecule has 4 heterocycles. The standard InChI is InChI=1S/C32H43N3O5/c1-3-18-33-19-12-16-31(4-2)25(28(33)37)26-29(38)35(21-10-5-6-11-22-36)27-30(39)34(20-13-17-32(26,27)40-31)23-24-14-8-7-9-15-24/h7-9,12-17,25-27,36H,3-6,10-11,18-23H2,1-2H3/t25-,26-,27?,31+,32-/m0/s1. The summed E-state index contributed by atoms with van der Waals surface area (Å²) in [4.78, 5) is 48.4. The number of carbonyl (C=O) groups is 3. The van der Waals surface area contributed by atoms with E-state index in [1.807, 2.05) is 73.4 Å². The van der Waals surface area contributed by atoms with Gasteiger partial charge in [-0.15, -0.1) is 0 Å². The first-order chi connectivity index (χ1) is 19.4. The maximum atomic E-state index is 14.4. The Balaban J connectivity index is 1.55. The maximum Gasteiger partial charge on any atom is 0.249 e. The van der Waals surface area contributed by atoms with Crippen LogP contribution in [0.25, 0.3) is 0 Å². The van der Waals surface area contributed by atoms with Crippen molar-refractivity contribution in [3.63, 3.8) is 0 Å². The minimum Gasteiger partial charge on any atom is -0.396 e. The second-order valence-corrected chi connectivity index (χ2v) is 11.6. The molecule has 1 spiro atoms. The Morgan fingerprint density at radius 1 is 0.850 bits per heavy atom. The molecule has 0 saturated carbocycles. The van der Waals surface area contributed by atoms with E-state index in [1.54, 1.807) is 9.80 Å². The van der Waals surface area contributed by atoms with Gasteiger partial charge in [0.2, 0.25) is 17.7 Å². The van der Waals surface area contributed by atoms with E-state index in [1.165, 1.54) is 0 Å². The van der Waals surface area contributed by atoms with Crippen LogP contribution in [0.3, 0.4) is 0 Å². The topological polar surface area (TPSA) is 90.4 Å². The number of aliphatic hydroxyl groups excluding tert-OH is 1. The van der Waals surface area contributed by atoms with Gasteiger partial charge >= 0.3 is 0 Å². The van der Waals surface area contributed by atoms with E-state index in [2.05, 4.69) is 0 Å². The normalized spacial score (nSPS) is 31.3. The van der Waals surface area contributed by atoms with Crippen molar-refractivity contribution in [1.82, 2.24) is 14.7 Å². The molecule has 5 rings (SSSR count). The van der Waals surface area contributed by atoms with Crippen molar-refractivity contribution in [1.29, 1.82) is 0 Å². The first-order valence-electron chi connectivity index (χ1n) is 15.0. The van der Waals surface area contributed by atoms with Crippen molar-refractivity contribution in [2.75, 3.05) is 32.8 Å². The van der Waals surface area contributed by atoms with Crippen molar-refractivity contribution < 1.29 is 24.2 Å². The summed E-state index contributed by atoms with van der Waals surface area (Å²) in [7, 11) is 0. The first-order valence-corrected chi connectivity index (χ1v) is 15.0. The van der Waals surface area contributed by atoms with Gasteiger partial charge in [-0.25, -0.2) is 0 Å². The fourth-order valence-electron chi connectivity index (χ4n) is 7.26. The molecule has 4 aliphatic heterocycles. The molecule has 8 nitrogen and oxygen atoms in total. The van der Waals surface area contributed by atoms with Gasteiger partial charge in [-0.1, -0.05) is 81.3 Å². The summed E-state index contributed by atoms with van der Waals surface area (Å²) in [6.45, 7) is 6.58. The van der Waals surface area contributed by atoms with Crippen molar-refractivity contribution >= 4 is 17.7 Å². The van der Waals surface area contributed by atoms with Crippen molar-refractivity contribution in [2.45, 2.75) is 76.2 Å². The van der Waals surface area contributed by atoms with Gasteiger partial charge in [0.05, 0.1) is 17.4 Å². The highest BCUT2D eigenvalue weighted by atomic mass is 16.5. The van der Waals surface area contributed by atoms with Crippen molar-refractivity contribution in [2.24, 2.45) is 11.8 Å². The molecular weight excluding hydrogens is 506 g/mol. The zero-order chi connectivity index (χ0) is 28.3. The van der Waals surface area contributed by atoms with Crippen LogP contribution in [0.1, 0.15) is 57.9 Å². The van der Waals surface area contributed by atoms with E-state index in [0.29, 0.717) is 39.1 Å². The summed E-state index contributed by atoms with van der Waals surface area (Å²) in [5.74, 6) is -1.80. The van der Waals surface area contributed by atoms with Crippen LogP contribution in [0.15, 0.2) is 54.6 Å². The zero-order valence-electron chi connectivity index (χ0n) is 23.8. The smallest absolute Gasteiger partial charge is 0.249 e. The Morgan fingerprint density at radius 3 is 2.30 bits per heavy atom. The fourth-order valence-corrected chi connectivity index (χ4v) is 7.26. The number of unbranched alkanes of at least 4 members (excludes halogenated alkanes) is 3. The number of benzene rings is 1. The molecule has 0 radical (unpaired) electrons. The molecule has 0 aromatic heterocycles. The Hall–Kier alpha value is -2.97. The molecule has 1 aromatic rings. The molecule has 1 unspecified atom stereocenters. The van der Waals surface area contributed by atoms with Gasteiger partial charge in [-0.2, -0.15) is 0 Å². The predicted molar refractivity (Wildman–Crippen MR) is 152 cm³/mol. The lowest BCUT2D eigenvalue weighted by atomic mass is 9.73. The molecule has 0 bridgehead atoms. The fraction of sp³-hybridized carbons (Fsp3) is 0.594. The minimum atomic E-state index is -1.21. The lowest BCUT2D eigenvalue weighted by molar-refractivity contribution is -0.154. The van der Waals surface area contributed by atoms with Gasteiger partial charge in [0.1, 0.15) is 11.6 Å². The van der Waals surface area contributed by atoms with Gasteiger partial charge in [0.25, 0.3) is 0 Å². The van der Waals surface area contributed by atoms with Crippen LogP contribution in [0.5, 0.6) is 0 Å². The van der Waals surface area contributed by atoms with Gasteiger partial charge < -0.3 is 24.5 Å². The largest absolute Gasteiger partial charge is 0.396 e. The molecule has 3 amide bonds. The molecule has 4 aliphatic rings. The van der Waals surface area contributed by atoms with Crippen LogP contribution in [0, 0.1) is 11.8 Å². The summed E-state index contributed by atoms with van der Waals surface area (Å²) in [6.07, 6.45) is 12.4. The average molecular weight is 550 g/mol. The Bertz CT molecular complexity index is 1150. The van der Waals surface area contributed by atoms with Crippen molar-refractivity contribution in [3.8, 4) is 0 Å². The van der Waals surface area contributed by atoms with Crippen LogP contribution in [-0.4, -0.2) is 87.6 Å². The predicted octanol–water partition coefficient (Wildman–Crippen LogP) is 3.31. The molecular formula is C32H43N3O5. The third-order valence-electron chi connectivity index (χ3n) is 9.12. The summed E-state index contributed by atoms with van der Waals surface area (Å²) >= 11 is 0. The Morgan fingerprint density at radius 2 is 1.57 bits per heavy atom. The Labute approximate surface area is 237 Å². The number of aliphatic hydroxyl groups is 1. The lowest BCUT2D eigenvalue weighted by Gasteiger charge is -2.38. The van der Waals surface area contributed by atoms with E-state index < -0.39 is 29.1 Å². The number of ether oxygens (including phenoxy) is 1. The number of likely N-dealkylation sites (tertiary alicyclic amines) is 1. The average Bonchev–Trinajstić information content (AvgIpc) is 3.25. The Kier molecular flexibility index (Phi) is 8.47. The van der Waals surface area contributed by atoms with E-state index in [9.17, 15) is 19.5 Å². The summed E-state index contributed by atoms with van der Waals surface area (Å²) < 4.78 is 7.02. The number of carbonyl (C=O) groups excluding carboxylic acids is 3. The molecule has 5 atom stereocenters. The monoisotopic (exact) mass is 549 g/mol. The van der Waals surface area contributed by atoms with E-state index in [4.69, 9.17) is 4.74 Å².